The summed E-state index contributed by atoms with van der Waals surface area (Å²) in [5.41, 5.74) is 3.39. The van der Waals surface area contributed by atoms with E-state index in [9.17, 15) is 4.79 Å². The van der Waals surface area contributed by atoms with E-state index in [0.29, 0.717) is 18.1 Å². The van der Waals surface area contributed by atoms with Crippen molar-refractivity contribution in [2.24, 2.45) is 5.92 Å². The van der Waals surface area contributed by atoms with E-state index in [1.54, 1.807) is 0 Å². The fourth-order valence-electron chi connectivity index (χ4n) is 2.84. The molecule has 1 aromatic carbocycles. The van der Waals surface area contributed by atoms with Crippen LogP contribution < -0.4 is 4.90 Å². The second kappa shape index (κ2) is 6.74. The smallest absolute Gasteiger partial charge is 0.158 e. The molecule has 1 saturated carbocycles. The first kappa shape index (κ1) is 14.8. The maximum atomic E-state index is 11.9. The molecule has 0 spiro atoms. The standard InChI is InChI=1S/C18H25NO/c1-4-19(5-2)17-9-7-15(8-10-17)13-16-12-14(3)6-11-18(16)20/h7-10,13-14H,4-6,11-12H2,1-3H3. The number of nitrogens with zero attached hydrogens (tertiary/aromatic N) is 1. The Bertz CT molecular complexity index is 483. The molecule has 20 heavy (non-hydrogen) atoms. The van der Waals surface area contributed by atoms with Gasteiger partial charge in [0.25, 0.3) is 0 Å². The SMILES string of the molecule is CCN(CC)c1ccc(C=C2CC(C)CCC2=O)cc1. The average molecular weight is 271 g/mol. The van der Waals surface area contributed by atoms with Gasteiger partial charge < -0.3 is 4.90 Å². The summed E-state index contributed by atoms with van der Waals surface area (Å²) in [7, 11) is 0. The molecule has 0 heterocycles. The molecule has 0 bridgehead atoms. The summed E-state index contributed by atoms with van der Waals surface area (Å²) in [6, 6.07) is 8.53. The molecule has 2 nitrogen and oxygen atoms in total. The van der Waals surface area contributed by atoms with Crippen molar-refractivity contribution >= 4 is 17.5 Å². The van der Waals surface area contributed by atoms with Crippen LogP contribution in [0.2, 0.25) is 0 Å². The third-order valence-corrected chi connectivity index (χ3v) is 4.15. The van der Waals surface area contributed by atoms with Gasteiger partial charge in [-0.3, -0.25) is 4.79 Å². The van der Waals surface area contributed by atoms with Crippen LogP contribution >= 0.6 is 0 Å². The summed E-state index contributed by atoms with van der Waals surface area (Å²) in [6.07, 6.45) is 4.75. The molecule has 1 aliphatic carbocycles. The first-order chi connectivity index (χ1) is 9.63. The second-order valence-corrected chi connectivity index (χ2v) is 5.70. The highest BCUT2D eigenvalue weighted by atomic mass is 16.1. The van der Waals surface area contributed by atoms with Crippen LogP contribution in [0.4, 0.5) is 5.69 Å². The summed E-state index contributed by atoms with van der Waals surface area (Å²) in [4.78, 5) is 14.3. The second-order valence-electron chi connectivity index (χ2n) is 5.70. The highest BCUT2D eigenvalue weighted by Crippen LogP contribution is 2.27. The van der Waals surface area contributed by atoms with Crippen LogP contribution in [0.3, 0.4) is 0 Å². The van der Waals surface area contributed by atoms with Gasteiger partial charge in [-0.1, -0.05) is 19.1 Å². The quantitative estimate of drug-likeness (QED) is 0.761. The number of anilines is 1. The number of allylic oxidation sites excluding steroid dienone is 1. The Hall–Kier alpha value is -1.57. The van der Waals surface area contributed by atoms with Crippen LogP contribution in [0, 0.1) is 5.92 Å². The van der Waals surface area contributed by atoms with Gasteiger partial charge in [-0.25, -0.2) is 0 Å². The molecule has 1 aliphatic rings. The van der Waals surface area contributed by atoms with Gasteiger partial charge >= 0.3 is 0 Å². The molecule has 0 N–H and O–H groups in total. The van der Waals surface area contributed by atoms with Crippen molar-refractivity contribution in [3.63, 3.8) is 0 Å². The largest absolute Gasteiger partial charge is 0.372 e. The molecule has 2 heteroatoms. The fourth-order valence-corrected chi connectivity index (χ4v) is 2.84. The normalized spacial score (nSPS) is 21.2. The summed E-state index contributed by atoms with van der Waals surface area (Å²) >= 11 is 0. The van der Waals surface area contributed by atoms with Crippen LogP contribution in [0.15, 0.2) is 29.8 Å². The van der Waals surface area contributed by atoms with Gasteiger partial charge in [0.15, 0.2) is 5.78 Å². The number of benzene rings is 1. The fraction of sp³-hybridized carbons (Fsp3) is 0.500. The van der Waals surface area contributed by atoms with Gasteiger partial charge in [-0.2, -0.15) is 0 Å². The van der Waals surface area contributed by atoms with Gasteiger partial charge in [0, 0.05) is 25.2 Å². The zero-order valence-corrected chi connectivity index (χ0v) is 12.9. The Morgan fingerprint density at radius 1 is 1.20 bits per heavy atom. The summed E-state index contributed by atoms with van der Waals surface area (Å²) in [5.74, 6) is 0.963. The molecule has 2 rings (SSSR count). The Labute approximate surface area is 122 Å². The minimum Gasteiger partial charge on any atom is -0.372 e. The van der Waals surface area contributed by atoms with E-state index in [1.807, 2.05) is 0 Å². The lowest BCUT2D eigenvalue weighted by atomic mass is 9.85. The Morgan fingerprint density at radius 2 is 1.85 bits per heavy atom. The Balaban J connectivity index is 2.15. The number of Topliss-reactive ketones (excluding diaryl/α,β-unsaturated/α-hetero) is 1. The van der Waals surface area contributed by atoms with E-state index in [2.05, 4.69) is 56.0 Å². The van der Waals surface area contributed by atoms with Gasteiger partial charge in [0.05, 0.1) is 0 Å². The number of carbonyl (C=O) groups excluding carboxylic acids is 1. The van der Waals surface area contributed by atoms with Crippen molar-refractivity contribution in [3.05, 3.63) is 35.4 Å². The number of hydrogen-bond donors (Lipinski definition) is 0. The summed E-state index contributed by atoms with van der Waals surface area (Å²) in [5, 5.41) is 0. The van der Waals surface area contributed by atoms with Gasteiger partial charge in [0.2, 0.25) is 0 Å². The molecule has 0 saturated heterocycles. The maximum absolute atomic E-state index is 11.9. The van der Waals surface area contributed by atoms with E-state index >= 15 is 0 Å². The average Bonchev–Trinajstić information content (AvgIpc) is 2.46. The molecule has 0 aliphatic heterocycles. The molecule has 1 aromatic rings. The van der Waals surface area contributed by atoms with Crippen molar-refractivity contribution in [2.45, 2.75) is 40.0 Å². The van der Waals surface area contributed by atoms with Crippen molar-refractivity contribution in [1.29, 1.82) is 0 Å². The van der Waals surface area contributed by atoms with E-state index in [4.69, 9.17) is 0 Å². The number of rotatable bonds is 4. The van der Waals surface area contributed by atoms with E-state index in [0.717, 1.165) is 37.1 Å². The van der Waals surface area contributed by atoms with Crippen LogP contribution in [-0.2, 0) is 4.79 Å². The third-order valence-electron chi connectivity index (χ3n) is 4.15. The van der Waals surface area contributed by atoms with Crippen molar-refractivity contribution in [1.82, 2.24) is 0 Å². The lowest BCUT2D eigenvalue weighted by molar-refractivity contribution is -0.116. The van der Waals surface area contributed by atoms with Gasteiger partial charge in [-0.15, -0.1) is 0 Å². The van der Waals surface area contributed by atoms with Gasteiger partial charge in [-0.05, 0) is 62.0 Å². The predicted octanol–water partition coefficient (Wildman–Crippen LogP) is 4.31. The Kier molecular flexibility index (Phi) is 4.99. The first-order valence-corrected chi connectivity index (χ1v) is 7.72. The number of carbonyl (C=O) groups is 1. The zero-order valence-electron chi connectivity index (χ0n) is 12.9. The van der Waals surface area contributed by atoms with Crippen LogP contribution in [-0.4, -0.2) is 18.9 Å². The van der Waals surface area contributed by atoms with Crippen LogP contribution in [0.1, 0.15) is 45.6 Å². The van der Waals surface area contributed by atoms with Crippen molar-refractivity contribution in [2.75, 3.05) is 18.0 Å². The molecule has 108 valence electrons. The summed E-state index contributed by atoms with van der Waals surface area (Å²) in [6.45, 7) is 8.60. The number of ketones is 1. The van der Waals surface area contributed by atoms with Crippen LogP contribution in [0.5, 0.6) is 0 Å². The zero-order chi connectivity index (χ0) is 14.5. The van der Waals surface area contributed by atoms with Crippen molar-refractivity contribution in [3.8, 4) is 0 Å². The Morgan fingerprint density at radius 3 is 2.45 bits per heavy atom. The first-order valence-electron chi connectivity index (χ1n) is 7.72. The molecular formula is C18H25NO. The van der Waals surface area contributed by atoms with E-state index in [1.165, 1.54) is 5.69 Å². The predicted molar refractivity (Wildman–Crippen MR) is 86.0 cm³/mol. The maximum Gasteiger partial charge on any atom is 0.158 e. The van der Waals surface area contributed by atoms with E-state index in [-0.39, 0.29) is 0 Å². The highest BCUT2D eigenvalue weighted by Gasteiger charge is 2.20. The molecule has 1 unspecified atom stereocenters. The molecule has 1 atom stereocenters. The number of hydrogen-bond acceptors (Lipinski definition) is 2. The third kappa shape index (κ3) is 3.50. The summed E-state index contributed by atoms with van der Waals surface area (Å²) < 4.78 is 0. The lowest BCUT2D eigenvalue weighted by Gasteiger charge is -2.21. The van der Waals surface area contributed by atoms with Crippen LogP contribution in [0.25, 0.3) is 6.08 Å². The molecule has 1 fully saturated rings. The highest BCUT2D eigenvalue weighted by molar-refractivity contribution is 6.00. The van der Waals surface area contributed by atoms with Gasteiger partial charge in [0.1, 0.15) is 0 Å². The lowest BCUT2D eigenvalue weighted by Crippen LogP contribution is -2.21. The van der Waals surface area contributed by atoms with Crippen molar-refractivity contribution < 1.29 is 4.79 Å². The minimum absolute atomic E-state index is 0.330. The molecular weight excluding hydrogens is 246 g/mol. The molecule has 0 aromatic heterocycles. The monoisotopic (exact) mass is 271 g/mol. The molecule has 0 radical (unpaired) electrons. The minimum atomic E-state index is 0.330. The topological polar surface area (TPSA) is 20.3 Å². The van der Waals surface area contributed by atoms with E-state index < -0.39 is 0 Å². The molecule has 0 amide bonds.